The fourth-order valence-corrected chi connectivity index (χ4v) is 5.86. The summed E-state index contributed by atoms with van der Waals surface area (Å²) in [7, 11) is 0. The molecule has 3 unspecified atom stereocenters. The Morgan fingerprint density at radius 3 is 2.13 bits per heavy atom. The van der Waals surface area contributed by atoms with Gasteiger partial charge in [0.15, 0.2) is 0 Å². The summed E-state index contributed by atoms with van der Waals surface area (Å²) >= 11 is 13.4. The first-order chi connectivity index (χ1) is 14.9. The molecule has 1 heterocycles. The summed E-state index contributed by atoms with van der Waals surface area (Å²) < 4.78 is 32.1. The molecule has 4 nitrogen and oxygen atoms in total. The molecule has 166 valence electrons. The lowest BCUT2D eigenvalue weighted by Gasteiger charge is -2.22. The zero-order valence-electron chi connectivity index (χ0n) is 16.9. The number of benzene rings is 2. The van der Waals surface area contributed by atoms with Crippen molar-refractivity contribution < 1.29 is 23.4 Å². The van der Waals surface area contributed by atoms with Crippen LogP contribution in [0.2, 0.25) is 10.0 Å². The predicted octanol–water partition coefficient (Wildman–Crippen LogP) is 5.62. The van der Waals surface area contributed by atoms with Gasteiger partial charge in [0.25, 0.3) is 0 Å². The van der Waals surface area contributed by atoms with E-state index in [1.54, 1.807) is 12.1 Å². The highest BCUT2D eigenvalue weighted by molar-refractivity contribution is 8.02. The number of thioether (sulfide) groups is 1. The predicted molar refractivity (Wildman–Crippen MR) is 120 cm³/mol. The quantitative estimate of drug-likeness (QED) is 0.454. The summed E-state index contributed by atoms with van der Waals surface area (Å²) in [5, 5.41) is 0.824. The van der Waals surface area contributed by atoms with Crippen molar-refractivity contribution in [3.63, 3.8) is 0 Å². The largest absolute Gasteiger partial charge is 0.465 e. The van der Waals surface area contributed by atoms with Crippen LogP contribution in [0.5, 0.6) is 0 Å². The molecule has 0 radical (unpaired) electrons. The number of hydrogen-bond acceptors (Lipinski definition) is 5. The third-order valence-electron chi connectivity index (χ3n) is 5.54. The zero-order valence-corrected chi connectivity index (χ0v) is 19.3. The minimum Gasteiger partial charge on any atom is -0.465 e. The van der Waals surface area contributed by atoms with Gasteiger partial charge in [-0.25, -0.2) is 4.39 Å². The van der Waals surface area contributed by atoms with Crippen molar-refractivity contribution in [1.29, 1.82) is 0 Å². The molecule has 2 aliphatic rings. The third kappa shape index (κ3) is 5.37. The fraction of sp³-hybridized carbons (Fsp3) is 0.435. The Morgan fingerprint density at radius 2 is 1.58 bits per heavy atom. The van der Waals surface area contributed by atoms with E-state index in [-0.39, 0.29) is 19.3 Å². The minimum absolute atomic E-state index is 0.0215. The van der Waals surface area contributed by atoms with Crippen LogP contribution in [0.15, 0.2) is 48.5 Å². The topological polar surface area (TPSA) is 44.8 Å². The van der Waals surface area contributed by atoms with E-state index in [9.17, 15) is 4.79 Å². The maximum Gasteiger partial charge on any atom is 0.302 e. The average Bonchev–Trinajstić information content (AvgIpc) is 3.37. The zero-order chi connectivity index (χ0) is 22.0. The van der Waals surface area contributed by atoms with Crippen molar-refractivity contribution >= 4 is 40.9 Å². The van der Waals surface area contributed by atoms with Gasteiger partial charge in [0.2, 0.25) is 0 Å². The van der Waals surface area contributed by atoms with E-state index in [4.69, 9.17) is 37.4 Å². The van der Waals surface area contributed by atoms with Crippen molar-refractivity contribution in [2.75, 3.05) is 6.61 Å². The molecule has 1 aliphatic carbocycles. The number of halogens is 3. The molecule has 31 heavy (non-hydrogen) atoms. The fourth-order valence-electron chi connectivity index (χ4n) is 3.84. The summed E-state index contributed by atoms with van der Waals surface area (Å²) in [4.78, 5) is 11.2. The second-order valence-electron chi connectivity index (χ2n) is 7.85. The van der Waals surface area contributed by atoms with Crippen molar-refractivity contribution in [2.24, 2.45) is 0 Å². The maximum absolute atomic E-state index is 15.4. The summed E-state index contributed by atoms with van der Waals surface area (Å²) in [6.07, 6.45) is -1.36. The van der Waals surface area contributed by atoms with Gasteiger partial charge >= 0.3 is 5.97 Å². The van der Waals surface area contributed by atoms with Gasteiger partial charge in [-0.1, -0.05) is 47.5 Å². The van der Waals surface area contributed by atoms with Crippen LogP contribution in [0.3, 0.4) is 0 Å². The summed E-state index contributed by atoms with van der Waals surface area (Å²) in [5.41, 5.74) is 1.92. The Labute approximate surface area is 195 Å². The van der Waals surface area contributed by atoms with E-state index in [0.717, 1.165) is 11.1 Å². The molecule has 2 aromatic rings. The van der Waals surface area contributed by atoms with Gasteiger partial charge in [-0.3, -0.25) is 4.79 Å². The van der Waals surface area contributed by atoms with Crippen LogP contribution in [0, 0.1) is 0 Å². The van der Waals surface area contributed by atoms with Gasteiger partial charge in [-0.05, 0) is 41.8 Å². The molecular weight excluding hydrogens is 462 g/mol. The molecular formula is C23H23Cl2FO4S. The summed E-state index contributed by atoms with van der Waals surface area (Å²) in [5.74, 6) is -0.418. The molecule has 5 atom stereocenters. The van der Waals surface area contributed by atoms with E-state index in [0.29, 0.717) is 23.1 Å². The van der Waals surface area contributed by atoms with Crippen LogP contribution >= 0.6 is 35.0 Å². The Balaban J connectivity index is 1.42. The first-order valence-electron chi connectivity index (χ1n) is 10.0. The molecule has 2 aromatic carbocycles. The molecule has 8 heteroatoms. The maximum atomic E-state index is 15.4. The van der Waals surface area contributed by atoms with Crippen molar-refractivity contribution in [3.8, 4) is 0 Å². The lowest BCUT2D eigenvalue weighted by molar-refractivity contribution is -0.141. The molecule has 0 aromatic heterocycles. The van der Waals surface area contributed by atoms with Crippen molar-refractivity contribution in [1.82, 2.24) is 0 Å². The highest BCUT2D eigenvalue weighted by Gasteiger charge is 2.70. The van der Waals surface area contributed by atoms with Gasteiger partial charge in [0, 0.05) is 17.0 Å². The van der Waals surface area contributed by atoms with Crippen LogP contribution in [0.4, 0.5) is 4.39 Å². The lowest BCUT2D eigenvalue weighted by atomic mass is 10.1. The first kappa shape index (κ1) is 22.9. The third-order valence-corrected chi connectivity index (χ3v) is 7.85. The smallest absolute Gasteiger partial charge is 0.302 e. The lowest BCUT2D eigenvalue weighted by Crippen LogP contribution is -2.36. The van der Waals surface area contributed by atoms with Gasteiger partial charge in [0.1, 0.15) is 18.9 Å². The van der Waals surface area contributed by atoms with E-state index in [1.807, 2.05) is 36.4 Å². The second-order valence-corrected chi connectivity index (χ2v) is 10.3. The number of rotatable bonds is 8. The Kier molecular flexibility index (Phi) is 7.14. The standard InChI is InChI=1S/C23H23Cl2FO4S/c1-14(27)28-13-19-21(26)22(30-12-16-4-8-18(25)9-5-16)23(31-19)10-20(23)29-11-15-2-6-17(24)7-3-15/h2-9,19-22H,10-13H2,1H3/t19?,20?,21-,22+,23?/m1/s1. The molecule has 1 spiro atoms. The van der Waals surface area contributed by atoms with E-state index in [2.05, 4.69) is 0 Å². The molecule has 2 fully saturated rings. The number of carbonyl (C=O) groups is 1. The van der Waals surface area contributed by atoms with E-state index >= 15 is 4.39 Å². The number of ether oxygens (including phenoxy) is 3. The average molecular weight is 485 g/mol. The summed E-state index contributed by atoms with van der Waals surface area (Å²) in [6.45, 7) is 2.04. The molecule has 1 saturated carbocycles. The van der Waals surface area contributed by atoms with Gasteiger partial charge in [-0.2, -0.15) is 0 Å². The van der Waals surface area contributed by atoms with Crippen LogP contribution in [0.1, 0.15) is 24.5 Å². The van der Waals surface area contributed by atoms with Crippen LogP contribution < -0.4 is 0 Å². The van der Waals surface area contributed by atoms with E-state index < -0.39 is 28.2 Å². The van der Waals surface area contributed by atoms with Crippen molar-refractivity contribution in [3.05, 3.63) is 69.7 Å². The van der Waals surface area contributed by atoms with Gasteiger partial charge in [-0.15, -0.1) is 11.8 Å². The SMILES string of the molecule is CC(=O)OCC1SC2(CC2OCc2ccc(Cl)cc2)[C@@H](OCc2ccc(Cl)cc2)[C@@H]1F. The number of hydrogen-bond donors (Lipinski definition) is 0. The van der Waals surface area contributed by atoms with Crippen LogP contribution in [-0.4, -0.2) is 41.0 Å². The van der Waals surface area contributed by atoms with E-state index in [1.165, 1.54) is 18.7 Å². The Hall–Kier alpha value is -1.31. The highest BCUT2D eigenvalue weighted by Crippen LogP contribution is 2.62. The molecule has 0 amide bonds. The first-order valence-corrected chi connectivity index (χ1v) is 11.7. The number of carbonyl (C=O) groups excluding carboxylic acids is 1. The van der Waals surface area contributed by atoms with Crippen molar-refractivity contribution in [2.45, 2.75) is 54.9 Å². The molecule has 0 bridgehead atoms. The number of alkyl halides is 1. The molecule has 0 N–H and O–H groups in total. The Bertz CT molecular complexity index is 911. The molecule has 4 rings (SSSR count). The highest BCUT2D eigenvalue weighted by atomic mass is 35.5. The Morgan fingerprint density at radius 1 is 1.03 bits per heavy atom. The second kappa shape index (κ2) is 9.67. The summed E-state index contributed by atoms with van der Waals surface area (Å²) in [6, 6.07) is 14.8. The normalized spacial score (nSPS) is 29.3. The molecule has 1 saturated heterocycles. The van der Waals surface area contributed by atoms with Gasteiger partial charge in [0.05, 0.1) is 29.3 Å². The molecule has 1 aliphatic heterocycles. The monoisotopic (exact) mass is 484 g/mol. The van der Waals surface area contributed by atoms with Crippen LogP contribution in [0.25, 0.3) is 0 Å². The number of esters is 1. The van der Waals surface area contributed by atoms with Crippen LogP contribution in [-0.2, 0) is 32.2 Å². The van der Waals surface area contributed by atoms with Gasteiger partial charge < -0.3 is 14.2 Å². The minimum atomic E-state index is -1.26.